The summed E-state index contributed by atoms with van der Waals surface area (Å²) in [5.74, 6) is -0.113. The highest BCUT2D eigenvalue weighted by Gasteiger charge is 2.35. The second-order valence-corrected chi connectivity index (χ2v) is 10.6. The van der Waals surface area contributed by atoms with Crippen LogP contribution in [0.4, 0.5) is 0 Å². The molecule has 2 amide bonds. The second kappa shape index (κ2) is 8.84. The van der Waals surface area contributed by atoms with E-state index in [1.807, 2.05) is 24.3 Å². The van der Waals surface area contributed by atoms with Gasteiger partial charge in [0.05, 0.1) is 12.5 Å². The first-order valence-electron chi connectivity index (χ1n) is 11.4. The van der Waals surface area contributed by atoms with Crippen LogP contribution in [0.2, 0.25) is 0 Å². The average molecular weight is 482 g/mol. The van der Waals surface area contributed by atoms with Gasteiger partial charge in [0.1, 0.15) is 10.5 Å². The van der Waals surface area contributed by atoms with Gasteiger partial charge in [-0.2, -0.15) is 4.31 Å². The lowest BCUT2D eigenvalue weighted by Crippen LogP contribution is -2.51. The number of aromatic nitrogens is 2. The summed E-state index contributed by atoms with van der Waals surface area (Å²) in [7, 11) is -3.71. The fourth-order valence-corrected chi connectivity index (χ4v) is 6.58. The number of carbonyl (C=O) groups is 2. The summed E-state index contributed by atoms with van der Waals surface area (Å²) in [6.07, 6.45) is 4.05. The molecule has 2 aromatic heterocycles. The van der Waals surface area contributed by atoms with Crippen molar-refractivity contribution in [2.45, 2.75) is 30.7 Å². The molecule has 4 heterocycles. The summed E-state index contributed by atoms with van der Waals surface area (Å²) in [5.41, 5.74) is 2.71. The zero-order valence-electron chi connectivity index (χ0n) is 19.0. The van der Waals surface area contributed by atoms with Crippen molar-refractivity contribution in [3.63, 3.8) is 0 Å². The molecule has 1 N–H and O–H groups in total. The Balaban J connectivity index is 1.28. The molecule has 0 spiro atoms. The summed E-state index contributed by atoms with van der Waals surface area (Å²) in [4.78, 5) is 36.2. The molecule has 1 atom stereocenters. The summed E-state index contributed by atoms with van der Waals surface area (Å²) in [5, 5.41) is 0.557. The van der Waals surface area contributed by atoms with Crippen molar-refractivity contribution in [1.82, 2.24) is 24.1 Å². The van der Waals surface area contributed by atoms with Gasteiger partial charge in [-0.1, -0.05) is 24.3 Å². The minimum Gasteiger partial charge on any atom is -0.345 e. The number of aromatic amines is 1. The zero-order chi connectivity index (χ0) is 23.9. The van der Waals surface area contributed by atoms with E-state index in [1.54, 1.807) is 28.1 Å². The van der Waals surface area contributed by atoms with E-state index in [2.05, 4.69) is 9.97 Å². The highest BCUT2D eigenvalue weighted by Crippen LogP contribution is 2.33. The van der Waals surface area contributed by atoms with Crippen LogP contribution in [0.25, 0.3) is 11.0 Å². The van der Waals surface area contributed by atoms with Crippen LogP contribution >= 0.6 is 0 Å². The summed E-state index contributed by atoms with van der Waals surface area (Å²) < 4.78 is 27.9. The molecule has 1 saturated heterocycles. The van der Waals surface area contributed by atoms with Crippen molar-refractivity contribution in [1.29, 1.82) is 0 Å². The van der Waals surface area contributed by atoms with Crippen LogP contribution in [0.3, 0.4) is 0 Å². The number of sulfonamides is 1. The van der Waals surface area contributed by atoms with Crippen LogP contribution in [0.15, 0.2) is 53.7 Å². The Labute approximate surface area is 198 Å². The first kappa shape index (κ1) is 22.5. The minimum atomic E-state index is -3.71. The van der Waals surface area contributed by atoms with Gasteiger partial charge in [0.2, 0.25) is 21.8 Å². The first-order valence-corrected chi connectivity index (χ1v) is 12.9. The number of nitrogens with zero attached hydrogens (tertiary/aromatic N) is 4. The van der Waals surface area contributed by atoms with Crippen molar-refractivity contribution in [3.05, 3.63) is 59.9 Å². The van der Waals surface area contributed by atoms with Gasteiger partial charge in [-0.05, 0) is 29.7 Å². The van der Waals surface area contributed by atoms with Crippen LogP contribution in [0, 0.1) is 0 Å². The van der Waals surface area contributed by atoms with E-state index in [4.69, 9.17) is 0 Å². The molecule has 2 aliphatic rings. The molecule has 10 heteroatoms. The largest absolute Gasteiger partial charge is 0.345 e. The van der Waals surface area contributed by atoms with Gasteiger partial charge in [-0.25, -0.2) is 13.4 Å². The summed E-state index contributed by atoms with van der Waals surface area (Å²) >= 11 is 0. The monoisotopic (exact) mass is 481 g/mol. The van der Waals surface area contributed by atoms with Crippen LogP contribution in [-0.4, -0.2) is 77.0 Å². The Morgan fingerprint density at radius 2 is 1.82 bits per heavy atom. The number of rotatable bonds is 4. The zero-order valence-corrected chi connectivity index (χ0v) is 19.8. The number of pyridine rings is 1. The first-order chi connectivity index (χ1) is 16.4. The lowest BCUT2D eigenvalue weighted by Gasteiger charge is -2.39. The number of hydrogen-bond donors (Lipinski definition) is 1. The number of fused-ring (bicyclic) bond motifs is 2. The molecule has 0 aliphatic carbocycles. The van der Waals surface area contributed by atoms with Crippen molar-refractivity contribution in [2.75, 3.05) is 32.7 Å². The smallest absolute Gasteiger partial charge is 0.245 e. The number of hydrogen-bond acceptors (Lipinski definition) is 5. The SMILES string of the molecule is CC(=O)N1CCc2ccccc2C1CC(=O)N1CCN(S(=O)(=O)c2c[nH]c3ncccc23)CC1. The molecule has 1 unspecified atom stereocenters. The lowest BCUT2D eigenvalue weighted by molar-refractivity contribution is -0.137. The lowest BCUT2D eigenvalue weighted by atomic mass is 9.90. The third-order valence-corrected chi connectivity index (χ3v) is 8.75. The maximum Gasteiger partial charge on any atom is 0.245 e. The third kappa shape index (κ3) is 3.97. The molecule has 2 aliphatic heterocycles. The molecular weight excluding hydrogens is 454 g/mol. The fourth-order valence-electron chi connectivity index (χ4n) is 5.00. The van der Waals surface area contributed by atoms with E-state index in [1.165, 1.54) is 23.0 Å². The number of H-pyrrole nitrogens is 1. The number of carbonyl (C=O) groups excluding carboxylic acids is 2. The highest BCUT2D eigenvalue weighted by atomic mass is 32.2. The number of amides is 2. The molecule has 0 bridgehead atoms. The van der Waals surface area contributed by atoms with E-state index < -0.39 is 10.0 Å². The molecule has 34 heavy (non-hydrogen) atoms. The van der Waals surface area contributed by atoms with Crippen molar-refractivity contribution >= 4 is 32.9 Å². The Morgan fingerprint density at radius 1 is 1.06 bits per heavy atom. The molecule has 9 nitrogen and oxygen atoms in total. The molecule has 5 rings (SSSR count). The fraction of sp³-hybridized carbons (Fsp3) is 0.375. The Morgan fingerprint density at radius 3 is 2.59 bits per heavy atom. The van der Waals surface area contributed by atoms with E-state index in [0.717, 1.165) is 12.0 Å². The van der Waals surface area contributed by atoms with Gasteiger partial charge >= 0.3 is 0 Å². The van der Waals surface area contributed by atoms with Gasteiger partial charge in [0.25, 0.3) is 0 Å². The third-order valence-electron chi connectivity index (χ3n) is 6.81. The van der Waals surface area contributed by atoms with Crippen molar-refractivity contribution in [2.24, 2.45) is 0 Å². The summed E-state index contributed by atoms with van der Waals surface area (Å²) in [6.45, 7) is 3.20. The Hall–Kier alpha value is -3.24. The van der Waals surface area contributed by atoms with Gasteiger partial charge in [0.15, 0.2) is 0 Å². The van der Waals surface area contributed by atoms with Crippen molar-refractivity contribution < 1.29 is 18.0 Å². The molecule has 178 valence electrons. The predicted octanol–water partition coefficient (Wildman–Crippen LogP) is 1.93. The van der Waals surface area contributed by atoms with Crippen LogP contribution < -0.4 is 0 Å². The van der Waals surface area contributed by atoms with Crippen LogP contribution in [0.1, 0.15) is 30.5 Å². The normalized spacial score (nSPS) is 19.3. The average Bonchev–Trinajstić information content (AvgIpc) is 3.29. The molecular formula is C24H27N5O4S. The van der Waals surface area contributed by atoms with Gasteiger partial charge < -0.3 is 14.8 Å². The maximum absolute atomic E-state index is 13.2. The van der Waals surface area contributed by atoms with Gasteiger partial charge in [0, 0.05) is 57.4 Å². The van der Waals surface area contributed by atoms with Crippen molar-refractivity contribution in [3.8, 4) is 0 Å². The molecule has 1 fully saturated rings. The molecule has 3 aromatic rings. The molecule has 0 saturated carbocycles. The van der Waals surface area contributed by atoms with Gasteiger partial charge in [-0.3, -0.25) is 9.59 Å². The number of benzene rings is 1. The quantitative estimate of drug-likeness (QED) is 0.613. The second-order valence-electron chi connectivity index (χ2n) is 8.72. The topological polar surface area (TPSA) is 107 Å². The van der Waals surface area contributed by atoms with Crippen LogP contribution in [0.5, 0.6) is 0 Å². The van der Waals surface area contributed by atoms with E-state index in [9.17, 15) is 18.0 Å². The molecule has 1 aromatic carbocycles. The minimum absolute atomic E-state index is 0.0450. The standard InChI is InChI=1S/C24H27N5O4S/c1-17(30)29-10-8-18-5-2-3-6-19(18)21(29)15-23(31)27-11-13-28(14-12-27)34(32,33)22-16-26-24-20(22)7-4-9-25-24/h2-7,9,16,21H,8,10-15H2,1H3,(H,25,26). The van der Waals surface area contributed by atoms with E-state index >= 15 is 0 Å². The maximum atomic E-state index is 13.2. The number of nitrogens with one attached hydrogen (secondary N) is 1. The van der Waals surface area contributed by atoms with E-state index in [0.29, 0.717) is 30.7 Å². The highest BCUT2D eigenvalue weighted by molar-refractivity contribution is 7.89. The Bertz CT molecular complexity index is 1340. The summed E-state index contributed by atoms with van der Waals surface area (Å²) in [6, 6.07) is 11.1. The van der Waals surface area contributed by atoms with Crippen LogP contribution in [-0.2, 0) is 26.0 Å². The van der Waals surface area contributed by atoms with E-state index in [-0.39, 0.29) is 42.3 Å². The van der Waals surface area contributed by atoms with Gasteiger partial charge in [-0.15, -0.1) is 0 Å². The number of piperazine rings is 1. The predicted molar refractivity (Wildman–Crippen MR) is 126 cm³/mol. The molecule has 0 radical (unpaired) electrons. The Kier molecular flexibility index (Phi) is 5.86.